The molecule has 0 unspecified atom stereocenters. The van der Waals surface area contributed by atoms with Crippen LogP contribution < -0.4 is 11.1 Å². The largest absolute Gasteiger partial charge is 0.369 e. The van der Waals surface area contributed by atoms with E-state index < -0.39 is 29.9 Å². The molecule has 0 radical (unpaired) electrons. The highest BCUT2D eigenvalue weighted by Crippen LogP contribution is 2.28. The van der Waals surface area contributed by atoms with E-state index in [1.54, 1.807) is 43.6 Å². The van der Waals surface area contributed by atoms with Gasteiger partial charge in [0, 0.05) is 29.8 Å². The summed E-state index contributed by atoms with van der Waals surface area (Å²) >= 11 is 3.24. The maximum atomic E-state index is 14.4. The highest BCUT2D eigenvalue weighted by molar-refractivity contribution is 9.10. The molecule has 3 amide bonds. The fourth-order valence-electron chi connectivity index (χ4n) is 4.60. The third-order valence-electron chi connectivity index (χ3n) is 6.41. The molecule has 0 aliphatic carbocycles. The molecule has 2 atom stereocenters. The zero-order chi connectivity index (χ0) is 27.7. The number of hydrogen-bond donors (Lipinski definition) is 2. The van der Waals surface area contributed by atoms with Crippen LogP contribution in [0.1, 0.15) is 17.9 Å². The van der Waals surface area contributed by atoms with Gasteiger partial charge in [-0.3, -0.25) is 19.1 Å². The Hall–Kier alpha value is -4.26. The van der Waals surface area contributed by atoms with Crippen LogP contribution in [0.15, 0.2) is 53.4 Å². The number of nitrogens with zero attached hydrogens (tertiary/aromatic N) is 6. The molecule has 1 aliphatic rings. The zero-order valence-corrected chi connectivity index (χ0v) is 22.4. The van der Waals surface area contributed by atoms with Gasteiger partial charge in [0.1, 0.15) is 35.0 Å². The Balaban J connectivity index is 1.41. The summed E-state index contributed by atoms with van der Waals surface area (Å²) in [5.74, 6) is -0.664. The molecule has 4 aromatic rings. The first-order chi connectivity index (χ1) is 18.7. The van der Waals surface area contributed by atoms with Crippen molar-refractivity contribution in [2.45, 2.75) is 38.5 Å². The van der Waals surface area contributed by atoms with Gasteiger partial charge < -0.3 is 16.0 Å². The van der Waals surface area contributed by atoms with Gasteiger partial charge in [-0.1, -0.05) is 12.1 Å². The van der Waals surface area contributed by atoms with Crippen LogP contribution in [0.25, 0.3) is 22.0 Å². The number of hydrogen-bond acceptors (Lipinski definition) is 7. The minimum atomic E-state index is -1.35. The van der Waals surface area contributed by atoms with Crippen molar-refractivity contribution in [2.75, 3.05) is 11.9 Å². The van der Waals surface area contributed by atoms with E-state index in [0.717, 1.165) is 11.1 Å². The summed E-state index contributed by atoms with van der Waals surface area (Å²) in [4.78, 5) is 51.9. The van der Waals surface area contributed by atoms with Crippen LogP contribution in [0, 0.1) is 6.92 Å². The van der Waals surface area contributed by atoms with Crippen molar-refractivity contribution >= 4 is 50.4 Å². The van der Waals surface area contributed by atoms with Crippen LogP contribution in [0.2, 0.25) is 0 Å². The number of halogens is 2. The minimum Gasteiger partial charge on any atom is -0.369 e. The Morgan fingerprint density at radius 1 is 1.15 bits per heavy atom. The second-order valence-corrected chi connectivity index (χ2v) is 10.0. The molecule has 1 aromatic carbocycles. The number of carbonyl (C=O) groups is 3. The van der Waals surface area contributed by atoms with Crippen molar-refractivity contribution in [2.24, 2.45) is 5.73 Å². The van der Waals surface area contributed by atoms with Gasteiger partial charge in [-0.05, 0) is 52.7 Å². The summed E-state index contributed by atoms with van der Waals surface area (Å²) < 4.78 is 16.4. The highest BCUT2D eigenvalue weighted by Gasteiger charge is 2.40. The number of amides is 3. The van der Waals surface area contributed by atoms with Gasteiger partial charge in [0.15, 0.2) is 0 Å². The Labute approximate surface area is 230 Å². The molecule has 3 N–H and O–H groups in total. The van der Waals surface area contributed by atoms with Crippen LogP contribution in [0.5, 0.6) is 0 Å². The first-order valence-corrected chi connectivity index (χ1v) is 12.9. The second kappa shape index (κ2) is 10.8. The number of aromatic nitrogens is 5. The lowest BCUT2D eigenvalue weighted by Gasteiger charge is -2.23. The maximum Gasteiger partial charge on any atom is 0.248 e. The molecular formula is C26H24BrFN8O3. The Morgan fingerprint density at radius 2 is 1.92 bits per heavy atom. The molecule has 13 heteroatoms. The van der Waals surface area contributed by atoms with Crippen LogP contribution in [-0.2, 0) is 27.3 Å². The Bertz CT molecular complexity index is 1580. The fraction of sp³-hybridized carbons (Fsp3) is 0.269. The monoisotopic (exact) mass is 594 g/mol. The quantitative estimate of drug-likeness (QED) is 0.312. The summed E-state index contributed by atoms with van der Waals surface area (Å²) in [6.45, 7) is 1.32. The number of pyridine rings is 1. The number of carbonyl (C=O) groups excluding carboxylic acids is 3. The molecule has 3 aromatic heterocycles. The average Bonchev–Trinajstić information content (AvgIpc) is 3.44. The SMILES string of the molecule is Cc1ncc(-c2ccc3c(c2)c(CC(N)=O)nn3CC(=O)N2C[C@H](F)C[C@H]2C(=O)Nc2cccc(Br)n2)cn1. The number of primary amides is 1. The van der Waals surface area contributed by atoms with Gasteiger partial charge in [0.05, 0.1) is 24.2 Å². The van der Waals surface area contributed by atoms with E-state index in [9.17, 15) is 18.8 Å². The van der Waals surface area contributed by atoms with Crippen LogP contribution in [-0.4, -0.2) is 66.1 Å². The molecule has 200 valence electrons. The highest BCUT2D eigenvalue weighted by atomic mass is 79.9. The minimum absolute atomic E-state index is 0.125. The predicted octanol–water partition coefficient (Wildman–Crippen LogP) is 2.56. The standard InChI is InChI=1S/C26H24BrFN8O3/c1-14-30-10-16(11-31-14)15-5-6-20-18(7-15)19(9-23(29)37)34-36(20)13-25(38)35-12-17(28)8-21(35)26(39)33-24-4-2-3-22(27)32-24/h2-7,10-11,17,21H,8-9,12-13H2,1H3,(H2,29,37)(H,32,33,39)/t17-,21+/m1/s1. The lowest BCUT2D eigenvalue weighted by atomic mass is 10.0. The number of fused-ring (bicyclic) bond motifs is 1. The molecule has 1 saturated heterocycles. The summed E-state index contributed by atoms with van der Waals surface area (Å²) in [6.07, 6.45) is 1.79. The van der Waals surface area contributed by atoms with Crippen molar-refractivity contribution in [3.63, 3.8) is 0 Å². The summed E-state index contributed by atoms with van der Waals surface area (Å²) in [5, 5.41) is 7.77. The summed E-state index contributed by atoms with van der Waals surface area (Å²) in [7, 11) is 0. The third-order valence-corrected chi connectivity index (χ3v) is 6.85. The smallest absolute Gasteiger partial charge is 0.248 e. The predicted molar refractivity (Wildman–Crippen MR) is 144 cm³/mol. The molecule has 1 aliphatic heterocycles. The van der Waals surface area contributed by atoms with Gasteiger partial charge in [0.2, 0.25) is 17.7 Å². The van der Waals surface area contributed by atoms with Crippen LogP contribution in [0.3, 0.4) is 0 Å². The van der Waals surface area contributed by atoms with Crippen LogP contribution >= 0.6 is 15.9 Å². The Kier molecular flexibility index (Phi) is 7.33. The molecule has 0 bridgehead atoms. The number of rotatable bonds is 7. The lowest BCUT2D eigenvalue weighted by molar-refractivity contribution is -0.137. The van der Waals surface area contributed by atoms with E-state index in [4.69, 9.17) is 5.73 Å². The summed E-state index contributed by atoms with van der Waals surface area (Å²) in [5.41, 5.74) is 8.02. The van der Waals surface area contributed by atoms with E-state index in [2.05, 4.69) is 41.3 Å². The van der Waals surface area contributed by atoms with Crippen molar-refractivity contribution in [3.05, 3.63) is 64.9 Å². The maximum absolute atomic E-state index is 14.4. The summed E-state index contributed by atoms with van der Waals surface area (Å²) in [6, 6.07) is 9.45. The molecule has 0 saturated carbocycles. The molecular weight excluding hydrogens is 571 g/mol. The van der Waals surface area contributed by atoms with E-state index in [1.807, 2.05) is 12.1 Å². The second-order valence-electron chi connectivity index (χ2n) is 9.23. The van der Waals surface area contributed by atoms with Gasteiger partial charge in [-0.2, -0.15) is 5.10 Å². The molecule has 0 spiro atoms. The number of alkyl halides is 1. The Morgan fingerprint density at radius 3 is 2.64 bits per heavy atom. The number of anilines is 1. The number of nitrogens with one attached hydrogen (secondary N) is 1. The van der Waals surface area contributed by atoms with Gasteiger partial charge >= 0.3 is 0 Å². The molecule has 11 nitrogen and oxygen atoms in total. The van der Waals surface area contributed by atoms with Crippen molar-refractivity contribution in [3.8, 4) is 11.1 Å². The zero-order valence-electron chi connectivity index (χ0n) is 20.8. The number of nitrogens with two attached hydrogens (primary N) is 1. The number of benzene rings is 1. The molecule has 5 rings (SSSR count). The molecule has 1 fully saturated rings. The van der Waals surface area contributed by atoms with E-state index >= 15 is 0 Å². The first-order valence-electron chi connectivity index (χ1n) is 12.1. The molecule has 4 heterocycles. The van der Waals surface area contributed by atoms with Crippen LogP contribution in [0.4, 0.5) is 10.2 Å². The topological polar surface area (TPSA) is 149 Å². The van der Waals surface area contributed by atoms with Crippen molar-refractivity contribution < 1.29 is 18.8 Å². The van der Waals surface area contributed by atoms with E-state index in [-0.39, 0.29) is 31.7 Å². The van der Waals surface area contributed by atoms with Gasteiger partial charge in [-0.15, -0.1) is 0 Å². The van der Waals surface area contributed by atoms with Crippen molar-refractivity contribution in [1.29, 1.82) is 0 Å². The number of likely N-dealkylation sites (tertiary alicyclic amines) is 1. The fourth-order valence-corrected chi connectivity index (χ4v) is 4.94. The molecule has 39 heavy (non-hydrogen) atoms. The van der Waals surface area contributed by atoms with E-state index in [1.165, 1.54) is 9.58 Å². The van der Waals surface area contributed by atoms with E-state index in [0.29, 0.717) is 27.0 Å². The number of aryl methyl sites for hydroxylation is 1. The average molecular weight is 595 g/mol. The van der Waals surface area contributed by atoms with Gasteiger partial charge in [0.25, 0.3) is 0 Å². The lowest BCUT2D eigenvalue weighted by Crippen LogP contribution is -2.44. The normalized spacial score (nSPS) is 16.9. The first kappa shape index (κ1) is 26.4. The van der Waals surface area contributed by atoms with Crippen molar-refractivity contribution in [1.82, 2.24) is 29.6 Å². The third kappa shape index (κ3) is 5.77. The van der Waals surface area contributed by atoms with Gasteiger partial charge in [-0.25, -0.2) is 19.3 Å².